The first-order chi connectivity index (χ1) is 12.9. The number of carbonyl (C=O) groups excluding carboxylic acids is 2. The van der Waals surface area contributed by atoms with E-state index in [9.17, 15) is 14.7 Å². The molecule has 6 nitrogen and oxygen atoms in total. The molecule has 2 aromatic carbocycles. The summed E-state index contributed by atoms with van der Waals surface area (Å²) in [4.78, 5) is 24.8. The number of benzene rings is 2. The topological polar surface area (TPSA) is 82.1 Å². The number of carbonyl (C=O) groups is 2. The lowest BCUT2D eigenvalue weighted by Crippen LogP contribution is -2.21. The van der Waals surface area contributed by atoms with Gasteiger partial charge >= 0.3 is 5.97 Å². The first-order valence-electron chi connectivity index (χ1n) is 8.55. The number of fused-ring (bicyclic) bond motifs is 3. The molecule has 27 heavy (non-hydrogen) atoms. The highest BCUT2D eigenvalue weighted by Gasteiger charge is 2.38. The predicted molar refractivity (Wildman–Crippen MR) is 96.5 cm³/mol. The van der Waals surface area contributed by atoms with Crippen LogP contribution in [0.3, 0.4) is 0 Å². The van der Waals surface area contributed by atoms with E-state index in [0.29, 0.717) is 34.1 Å². The van der Waals surface area contributed by atoms with Gasteiger partial charge in [0.15, 0.2) is 17.3 Å². The minimum absolute atomic E-state index is 0.0106. The Kier molecular flexibility index (Phi) is 3.91. The number of ketones is 1. The third kappa shape index (κ3) is 2.65. The van der Waals surface area contributed by atoms with E-state index in [-0.39, 0.29) is 29.8 Å². The Morgan fingerprint density at radius 1 is 1.15 bits per heavy atom. The summed E-state index contributed by atoms with van der Waals surface area (Å²) in [6.07, 6.45) is 0.0963. The Hall–Kier alpha value is -3.28. The second kappa shape index (κ2) is 6.16. The van der Waals surface area contributed by atoms with Crippen LogP contribution in [-0.2, 0) is 4.79 Å². The number of esters is 1. The van der Waals surface area contributed by atoms with Crippen LogP contribution in [-0.4, -0.2) is 24.0 Å². The smallest absolute Gasteiger partial charge is 0.312 e. The van der Waals surface area contributed by atoms with Gasteiger partial charge in [-0.25, -0.2) is 0 Å². The van der Waals surface area contributed by atoms with E-state index in [1.807, 2.05) is 13.8 Å². The predicted octanol–water partition coefficient (Wildman–Crippen LogP) is 3.71. The van der Waals surface area contributed by atoms with Crippen molar-refractivity contribution in [3.63, 3.8) is 0 Å². The number of hydrogen-bond acceptors (Lipinski definition) is 6. The molecular weight excluding hydrogens is 348 g/mol. The largest absolute Gasteiger partial charge is 0.504 e. The maximum atomic E-state index is 12.6. The van der Waals surface area contributed by atoms with Gasteiger partial charge in [0.1, 0.15) is 11.5 Å². The third-order valence-corrected chi connectivity index (χ3v) is 4.81. The van der Waals surface area contributed by atoms with Crippen LogP contribution in [0.1, 0.15) is 47.7 Å². The highest BCUT2D eigenvalue weighted by molar-refractivity contribution is 6.13. The summed E-state index contributed by atoms with van der Waals surface area (Å²) in [5.74, 6) is 0.507. The van der Waals surface area contributed by atoms with Crippen molar-refractivity contribution in [2.75, 3.05) is 7.11 Å². The first kappa shape index (κ1) is 17.1. The molecule has 2 aliphatic heterocycles. The summed E-state index contributed by atoms with van der Waals surface area (Å²) >= 11 is 0. The second-order valence-electron chi connectivity index (χ2n) is 6.78. The lowest BCUT2D eigenvalue weighted by Gasteiger charge is -2.26. The van der Waals surface area contributed by atoms with Crippen LogP contribution >= 0.6 is 0 Å². The average Bonchev–Trinajstić information content (AvgIpc) is 2.98. The number of Topliss-reactive ketones (excluding diaryl/α,β-unsaturated/α-hetero) is 1. The van der Waals surface area contributed by atoms with E-state index in [2.05, 4.69) is 0 Å². The monoisotopic (exact) mass is 366 g/mol. The number of rotatable bonds is 2. The molecule has 1 unspecified atom stereocenters. The molecule has 6 heteroatoms. The quantitative estimate of drug-likeness (QED) is 0.496. The number of allylic oxidation sites excluding steroid dienone is 2. The normalized spacial score (nSPS) is 17.7. The Bertz CT molecular complexity index is 1010. The van der Waals surface area contributed by atoms with Gasteiger partial charge in [0.2, 0.25) is 5.78 Å². The van der Waals surface area contributed by atoms with Crippen molar-refractivity contribution in [1.29, 1.82) is 0 Å². The molecule has 1 atom stereocenters. The SMILES string of the molecule is COc1cc(C2CC(=O)Oc3ccc4c(c32)OC(=C(C)C)C4=O)ccc1O. The minimum atomic E-state index is -0.380. The number of phenolic OH excluding ortho intramolecular Hbond substituents is 1. The Balaban J connectivity index is 1.91. The van der Waals surface area contributed by atoms with E-state index < -0.39 is 0 Å². The van der Waals surface area contributed by atoms with E-state index in [1.54, 1.807) is 24.3 Å². The summed E-state index contributed by atoms with van der Waals surface area (Å²) in [6, 6.07) is 8.18. The van der Waals surface area contributed by atoms with Gasteiger partial charge < -0.3 is 19.3 Å². The molecule has 0 amide bonds. The molecule has 0 aliphatic carbocycles. The van der Waals surface area contributed by atoms with Crippen LogP contribution in [0.25, 0.3) is 0 Å². The fourth-order valence-electron chi connectivity index (χ4n) is 3.52. The standard InChI is InChI=1S/C21H18O6/c1-10(2)20-19(24)12-5-7-15-18(21(12)27-20)13(9-17(23)26-15)11-4-6-14(22)16(8-11)25-3/h4-8,13,22H,9H2,1-3H3. The molecule has 138 valence electrons. The van der Waals surface area contributed by atoms with Gasteiger partial charge in [-0.15, -0.1) is 0 Å². The van der Waals surface area contributed by atoms with Crippen molar-refractivity contribution < 1.29 is 28.9 Å². The maximum absolute atomic E-state index is 12.6. The lowest BCUT2D eigenvalue weighted by molar-refractivity contribution is -0.135. The Morgan fingerprint density at radius 2 is 1.93 bits per heavy atom. The van der Waals surface area contributed by atoms with Crippen LogP contribution in [0.2, 0.25) is 0 Å². The number of phenols is 1. The van der Waals surface area contributed by atoms with Crippen molar-refractivity contribution in [2.24, 2.45) is 0 Å². The molecule has 1 N–H and O–H groups in total. The van der Waals surface area contributed by atoms with Gasteiger partial charge in [0, 0.05) is 11.5 Å². The van der Waals surface area contributed by atoms with E-state index in [1.165, 1.54) is 13.2 Å². The van der Waals surface area contributed by atoms with Crippen molar-refractivity contribution >= 4 is 11.8 Å². The molecule has 2 aliphatic rings. The molecule has 0 aromatic heterocycles. The molecule has 0 radical (unpaired) electrons. The molecule has 4 rings (SSSR count). The highest BCUT2D eigenvalue weighted by atomic mass is 16.5. The number of hydrogen-bond donors (Lipinski definition) is 1. The van der Waals surface area contributed by atoms with Crippen LogP contribution in [0.5, 0.6) is 23.0 Å². The van der Waals surface area contributed by atoms with E-state index in [0.717, 1.165) is 11.1 Å². The van der Waals surface area contributed by atoms with Crippen molar-refractivity contribution in [3.8, 4) is 23.0 Å². The van der Waals surface area contributed by atoms with Gasteiger partial charge in [-0.2, -0.15) is 0 Å². The number of methoxy groups -OCH3 is 1. The molecule has 2 aromatic rings. The van der Waals surface area contributed by atoms with Gasteiger partial charge in [0.05, 0.1) is 19.1 Å². The molecule has 0 saturated carbocycles. The molecule has 0 saturated heterocycles. The average molecular weight is 366 g/mol. The lowest BCUT2D eigenvalue weighted by atomic mass is 9.84. The summed E-state index contributed by atoms with van der Waals surface area (Å²) in [7, 11) is 1.46. The first-order valence-corrected chi connectivity index (χ1v) is 8.55. The summed E-state index contributed by atoms with van der Waals surface area (Å²) in [6.45, 7) is 3.63. The number of ether oxygens (including phenoxy) is 3. The highest BCUT2D eigenvalue weighted by Crippen LogP contribution is 2.49. The van der Waals surface area contributed by atoms with Gasteiger partial charge in [0.25, 0.3) is 0 Å². The fraction of sp³-hybridized carbons (Fsp3) is 0.238. The molecule has 0 fully saturated rings. The summed E-state index contributed by atoms with van der Waals surface area (Å²) < 4.78 is 16.5. The van der Waals surface area contributed by atoms with Crippen LogP contribution < -0.4 is 14.2 Å². The van der Waals surface area contributed by atoms with E-state index in [4.69, 9.17) is 14.2 Å². The third-order valence-electron chi connectivity index (χ3n) is 4.81. The summed E-state index contributed by atoms with van der Waals surface area (Å²) in [5, 5.41) is 9.87. The fourth-order valence-corrected chi connectivity index (χ4v) is 3.52. The maximum Gasteiger partial charge on any atom is 0.312 e. The molecule has 0 bridgehead atoms. The van der Waals surface area contributed by atoms with Crippen LogP contribution in [0.4, 0.5) is 0 Å². The van der Waals surface area contributed by atoms with Crippen LogP contribution in [0.15, 0.2) is 41.7 Å². The Labute approximate surface area is 156 Å². The zero-order valence-corrected chi connectivity index (χ0v) is 15.2. The van der Waals surface area contributed by atoms with Crippen molar-refractivity contribution in [1.82, 2.24) is 0 Å². The molecule has 2 heterocycles. The number of aromatic hydroxyl groups is 1. The zero-order chi connectivity index (χ0) is 19.3. The zero-order valence-electron chi connectivity index (χ0n) is 15.2. The van der Waals surface area contributed by atoms with E-state index >= 15 is 0 Å². The molecular formula is C21H18O6. The van der Waals surface area contributed by atoms with Gasteiger partial charge in [-0.05, 0) is 49.2 Å². The van der Waals surface area contributed by atoms with Crippen molar-refractivity contribution in [3.05, 3.63) is 58.4 Å². The molecule has 0 spiro atoms. The second-order valence-corrected chi connectivity index (χ2v) is 6.78. The van der Waals surface area contributed by atoms with Gasteiger partial charge in [-0.1, -0.05) is 6.07 Å². The van der Waals surface area contributed by atoms with Gasteiger partial charge in [-0.3, -0.25) is 9.59 Å². The summed E-state index contributed by atoms with van der Waals surface area (Å²) in [5.41, 5.74) is 2.65. The van der Waals surface area contributed by atoms with Crippen LogP contribution in [0, 0.1) is 0 Å². The minimum Gasteiger partial charge on any atom is -0.504 e. The van der Waals surface area contributed by atoms with Crippen molar-refractivity contribution in [2.45, 2.75) is 26.2 Å². The Morgan fingerprint density at radius 3 is 2.63 bits per heavy atom.